The van der Waals surface area contributed by atoms with E-state index in [1.807, 2.05) is 6.92 Å². The molecule has 0 bridgehead atoms. The average Bonchev–Trinajstić information content (AvgIpc) is 3.56. The van der Waals surface area contributed by atoms with Crippen molar-refractivity contribution in [1.82, 2.24) is 9.29 Å². The van der Waals surface area contributed by atoms with Crippen LogP contribution in [0.3, 0.4) is 0 Å². The molecule has 14 heteroatoms. The summed E-state index contributed by atoms with van der Waals surface area (Å²) in [7, 11) is -3.72. The zero-order chi connectivity index (χ0) is 27.7. The summed E-state index contributed by atoms with van der Waals surface area (Å²) in [4.78, 5) is 29.0. The Hall–Kier alpha value is -3.59. The minimum Gasteiger partial charge on any atom is -0.267 e. The molecule has 1 amide bonds. The number of thiophene rings is 1. The van der Waals surface area contributed by atoms with E-state index in [0.717, 1.165) is 46.9 Å². The third-order valence-corrected chi connectivity index (χ3v) is 10.2. The van der Waals surface area contributed by atoms with Crippen LogP contribution in [0.2, 0.25) is 0 Å². The number of halogens is 1. The molecule has 1 atom stereocenters. The molecular formula is C25H22FN5O5S3. The van der Waals surface area contributed by atoms with Crippen LogP contribution in [-0.2, 0) is 10.0 Å². The fraction of sp³-hybridized carbons (Fsp3) is 0.240. The lowest BCUT2D eigenvalue weighted by atomic mass is 10.1. The predicted octanol–water partition coefficient (Wildman–Crippen LogP) is 5.65. The Morgan fingerprint density at radius 3 is 2.64 bits per heavy atom. The molecule has 0 saturated carbocycles. The van der Waals surface area contributed by atoms with Gasteiger partial charge in [0.05, 0.1) is 31.1 Å². The average molecular weight is 588 g/mol. The van der Waals surface area contributed by atoms with E-state index < -0.39 is 26.7 Å². The summed E-state index contributed by atoms with van der Waals surface area (Å²) in [5.41, 5.74) is 0.619. The van der Waals surface area contributed by atoms with E-state index in [-0.39, 0.29) is 26.6 Å². The number of carbonyl (C=O) groups is 1. The summed E-state index contributed by atoms with van der Waals surface area (Å²) in [5.74, 6) is -1.06. The molecule has 0 N–H and O–H groups in total. The number of hydrogen-bond acceptors (Lipinski definition) is 9. The molecule has 1 unspecified atom stereocenters. The van der Waals surface area contributed by atoms with Gasteiger partial charge < -0.3 is 0 Å². The molecule has 5 rings (SSSR count). The number of hydrogen-bond donors (Lipinski definition) is 0. The Morgan fingerprint density at radius 1 is 1.18 bits per heavy atom. The minimum absolute atomic E-state index is 0.0791. The normalized spacial score (nSPS) is 16.6. The van der Waals surface area contributed by atoms with Crippen LogP contribution in [0, 0.1) is 15.9 Å². The quantitative estimate of drug-likeness (QED) is 0.156. The van der Waals surface area contributed by atoms with Crippen molar-refractivity contribution in [3.05, 3.63) is 81.0 Å². The number of carbonyl (C=O) groups excluding carboxylic acids is 1. The summed E-state index contributed by atoms with van der Waals surface area (Å²) in [6.07, 6.45) is 3.88. The maximum Gasteiger partial charge on any atom is 0.324 e. The van der Waals surface area contributed by atoms with Crippen LogP contribution < -0.4 is 5.01 Å². The standard InChI is InChI=1S/C25H22FN5O5S3/c1-16-4-2-3-13-29(16)39(35,36)20-9-5-17(6-10-20)24(32)30(27-15-19-8-12-23(37-19)31(33)34)25-28-21-11-7-18(26)14-22(21)38-25/h5-12,14-16H,2-4,13H2,1H3/b27-15+. The minimum atomic E-state index is -3.72. The van der Waals surface area contributed by atoms with Crippen molar-refractivity contribution in [2.75, 3.05) is 11.6 Å². The Morgan fingerprint density at radius 2 is 1.95 bits per heavy atom. The summed E-state index contributed by atoms with van der Waals surface area (Å²) >= 11 is 1.93. The van der Waals surface area contributed by atoms with Gasteiger partial charge in [0.15, 0.2) is 0 Å². The maximum atomic E-state index is 13.8. The highest BCUT2D eigenvalue weighted by atomic mass is 32.2. The monoisotopic (exact) mass is 587 g/mol. The van der Waals surface area contributed by atoms with Crippen LogP contribution in [-0.4, -0.2) is 47.3 Å². The molecular weight excluding hydrogens is 566 g/mol. The van der Waals surface area contributed by atoms with Gasteiger partial charge in [0, 0.05) is 24.2 Å². The molecule has 202 valence electrons. The van der Waals surface area contributed by atoms with E-state index in [9.17, 15) is 27.7 Å². The zero-order valence-electron chi connectivity index (χ0n) is 20.6. The molecule has 2 aromatic carbocycles. The molecule has 1 fully saturated rings. The third kappa shape index (κ3) is 5.59. The highest BCUT2D eigenvalue weighted by Crippen LogP contribution is 2.32. The smallest absolute Gasteiger partial charge is 0.267 e. The number of sulfonamides is 1. The van der Waals surface area contributed by atoms with E-state index in [2.05, 4.69) is 10.1 Å². The lowest BCUT2D eigenvalue weighted by molar-refractivity contribution is -0.380. The number of nitro groups is 1. The van der Waals surface area contributed by atoms with Crippen LogP contribution in [0.4, 0.5) is 14.5 Å². The van der Waals surface area contributed by atoms with Crippen molar-refractivity contribution in [3.63, 3.8) is 0 Å². The summed E-state index contributed by atoms with van der Waals surface area (Å²) < 4.78 is 42.1. The van der Waals surface area contributed by atoms with E-state index in [1.165, 1.54) is 65.1 Å². The summed E-state index contributed by atoms with van der Waals surface area (Å²) in [6.45, 7) is 2.34. The first-order chi connectivity index (χ1) is 18.6. The van der Waals surface area contributed by atoms with Crippen LogP contribution in [0.5, 0.6) is 0 Å². The van der Waals surface area contributed by atoms with E-state index in [4.69, 9.17) is 0 Å². The largest absolute Gasteiger partial charge is 0.324 e. The zero-order valence-corrected chi connectivity index (χ0v) is 23.0. The molecule has 1 aliphatic rings. The number of hydrazone groups is 1. The topological polar surface area (TPSA) is 126 Å². The van der Waals surface area contributed by atoms with Gasteiger partial charge >= 0.3 is 5.00 Å². The van der Waals surface area contributed by atoms with Crippen molar-refractivity contribution in [2.45, 2.75) is 37.1 Å². The van der Waals surface area contributed by atoms with Crippen molar-refractivity contribution < 1.29 is 22.5 Å². The van der Waals surface area contributed by atoms with Crippen LogP contribution in [0.1, 0.15) is 41.4 Å². The second kappa shape index (κ2) is 10.9. The molecule has 39 heavy (non-hydrogen) atoms. The number of fused-ring (bicyclic) bond motifs is 1. The van der Waals surface area contributed by atoms with Crippen LogP contribution >= 0.6 is 22.7 Å². The number of anilines is 1. The van der Waals surface area contributed by atoms with E-state index in [0.29, 0.717) is 21.6 Å². The molecule has 3 heterocycles. The highest BCUT2D eigenvalue weighted by Gasteiger charge is 2.31. The SMILES string of the molecule is CC1CCCCN1S(=O)(=O)c1ccc(C(=O)N(/N=C/c2ccc([N+](=O)[O-])s2)c2nc3ccc(F)cc3s2)cc1. The molecule has 0 aliphatic carbocycles. The van der Waals surface area contributed by atoms with Gasteiger partial charge in [-0.3, -0.25) is 14.9 Å². The number of nitrogens with zero attached hydrogens (tertiary/aromatic N) is 5. The first kappa shape index (κ1) is 27.0. The number of rotatable bonds is 7. The van der Waals surface area contributed by atoms with Gasteiger partial charge in [0.2, 0.25) is 15.2 Å². The molecule has 0 radical (unpaired) electrons. The van der Waals surface area contributed by atoms with Gasteiger partial charge in [0.1, 0.15) is 5.82 Å². The maximum absolute atomic E-state index is 13.8. The molecule has 0 spiro atoms. The predicted molar refractivity (Wildman–Crippen MR) is 149 cm³/mol. The molecule has 1 saturated heterocycles. The van der Waals surface area contributed by atoms with Crippen molar-refractivity contribution in [3.8, 4) is 0 Å². The van der Waals surface area contributed by atoms with Crippen molar-refractivity contribution in [1.29, 1.82) is 0 Å². The van der Waals surface area contributed by atoms with Gasteiger partial charge in [-0.1, -0.05) is 29.1 Å². The summed E-state index contributed by atoms with van der Waals surface area (Å²) in [6, 6.07) is 12.4. The number of aromatic nitrogens is 1. The molecule has 4 aromatic rings. The van der Waals surface area contributed by atoms with Gasteiger partial charge in [-0.05, 0) is 68.3 Å². The fourth-order valence-electron chi connectivity index (χ4n) is 4.25. The summed E-state index contributed by atoms with van der Waals surface area (Å²) in [5, 5.41) is 16.4. The van der Waals surface area contributed by atoms with E-state index >= 15 is 0 Å². The Balaban J connectivity index is 1.48. The Kier molecular flexibility index (Phi) is 7.53. The Labute approximate surface area is 231 Å². The first-order valence-corrected chi connectivity index (χ1v) is 15.0. The van der Waals surface area contributed by atoms with Gasteiger partial charge in [0.25, 0.3) is 5.91 Å². The molecule has 10 nitrogen and oxygen atoms in total. The fourth-order valence-corrected chi connectivity index (χ4v) is 7.58. The number of benzene rings is 2. The lowest BCUT2D eigenvalue weighted by Crippen LogP contribution is -2.41. The van der Waals surface area contributed by atoms with E-state index in [1.54, 1.807) is 0 Å². The third-order valence-electron chi connectivity index (χ3n) is 6.26. The van der Waals surface area contributed by atoms with Gasteiger partial charge in [-0.2, -0.15) is 14.4 Å². The van der Waals surface area contributed by atoms with Crippen molar-refractivity contribution >= 4 is 65.2 Å². The molecule has 1 aliphatic heterocycles. The molecule has 2 aromatic heterocycles. The van der Waals surface area contributed by atoms with Gasteiger partial charge in [-0.25, -0.2) is 17.8 Å². The Bertz CT molecular complexity index is 1680. The second-order valence-electron chi connectivity index (χ2n) is 8.89. The lowest BCUT2D eigenvalue weighted by Gasteiger charge is -2.32. The number of amides is 1. The first-order valence-electron chi connectivity index (χ1n) is 11.9. The van der Waals surface area contributed by atoms with Crippen LogP contribution in [0.25, 0.3) is 10.2 Å². The van der Waals surface area contributed by atoms with Gasteiger partial charge in [-0.15, -0.1) is 0 Å². The van der Waals surface area contributed by atoms with Crippen LogP contribution in [0.15, 0.2) is 64.6 Å². The second-order valence-corrected chi connectivity index (χ2v) is 12.9. The van der Waals surface area contributed by atoms with Crippen molar-refractivity contribution in [2.24, 2.45) is 5.10 Å². The number of thiazole rings is 1. The number of piperidine rings is 1. The highest BCUT2D eigenvalue weighted by molar-refractivity contribution is 7.89.